The predicted molar refractivity (Wildman–Crippen MR) is 46.8 cm³/mol. The Morgan fingerprint density at radius 3 is 2.75 bits per heavy atom. The van der Waals surface area contributed by atoms with Gasteiger partial charge < -0.3 is 9.47 Å². The number of fused-ring (bicyclic) bond motifs is 1. The second kappa shape index (κ2) is 2.33. The maximum absolute atomic E-state index is 5.66. The van der Waals surface area contributed by atoms with E-state index in [9.17, 15) is 0 Å². The van der Waals surface area contributed by atoms with Gasteiger partial charge in [-0.2, -0.15) is 0 Å². The summed E-state index contributed by atoms with van der Waals surface area (Å²) in [6.07, 6.45) is 4.18. The summed E-state index contributed by atoms with van der Waals surface area (Å²) in [4.78, 5) is 0. The van der Waals surface area contributed by atoms with Crippen molar-refractivity contribution in [1.29, 1.82) is 0 Å². The van der Waals surface area contributed by atoms with Crippen LogP contribution in [-0.4, -0.2) is 18.5 Å². The summed E-state index contributed by atoms with van der Waals surface area (Å²) in [7, 11) is 0. The molecule has 0 amide bonds. The monoisotopic (exact) mass is 168 g/mol. The molecule has 0 aromatic rings. The largest absolute Gasteiger partial charge is 0.347 e. The maximum atomic E-state index is 5.66. The number of hydrogen-bond acceptors (Lipinski definition) is 2. The average molecular weight is 168 g/mol. The minimum absolute atomic E-state index is 0.209. The Kier molecular flexibility index (Phi) is 1.61. The normalized spacial score (nSPS) is 42.3. The third-order valence-electron chi connectivity index (χ3n) is 2.75. The van der Waals surface area contributed by atoms with Crippen molar-refractivity contribution in [2.45, 2.75) is 38.6 Å². The van der Waals surface area contributed by atoms with E-state index in [-0.39, 0.29) is 11.2 Å². The molecule has 2 nitrogen and oxygen atoms in total. The van der Waals surface area contributed by atoms with E-state index in [1.807, 2.05) is 6.08 Å². The van der Waals surface area contributed by atoms with E-state index < -0.39 is 0 Å². The van der Waals surface area contributed by atoms with Gasteiger partial charge in [0.2, 0.25) is 0 Å². The quantitative estimate of drug-likeness (QED) is 0.475. The van der Waals surface area contributed by atoms with Crippen LogP contribution in [0.5, 0.6) is 0 Å². The molecule has 0 bridgehead atoms. The van der Waals surface area contributed by atoms with Crippen LogP contribution in [-0.2, 0) is 9.47 Å². The van der Waals surface area contributed by atoms with Gasteiger partial charge in [-0.15, -0.1) is 6.58 Å². The fourth-order valence-electron chi connectivity index (χ4n) is 1.98. The van der Waals surface area contributed by atoms with Crippen molar-refractivity contribution >= 4 is 0 Å². The lowest BCUT2D eigenvalue weighted by Crippen LogP contribution is -2.19. The van der Waals surface area contributed by atoms with Crippen LogP contribution >= 0.6 is 0 Å². The Balaban J connectivity index is 1.98. The van der Waals surface area contributed by atoms with Gasteiger partial charge in [0.25, 0.3) is 0 Å². The van der Waals surface area contributed by atoms with Gasteiger partial charge in [-0.3, -0.25) is 0 Å². The summed E-state index contributed by atoms with van der Waals surface area (Å²) in [6, 6.07) is 0. The molecule has 2 heteroatoms. The Morgan fingerprint density at radius 2 is 2.33 bits per heavy atom. The lowest BCUT2D eigenvalue weighted by Gasteiger charge is -2.15. The van der Waals surface area contributed by atoms with Gasteiger partial charge in [0.1, 0.15) is 6.10 Å². The van der Waals surface area contributed by atoms with Gasteiger partial charge in [0.15, 0.2) is 5.79 Å². The van der Waals surface area contributed by atoms with E-state index in [2.05, 4.69) is 20.4 Å². The molecule has 0 aromatic carbocycles. The van der Waals surface area contributed by atoms with Crippen LogP contribution in [0.1, 0.15) is 26.7 Å². The number of rotatable bonds is 3. The third-order valence-corrected chi connectivity index (χ3v) is 2.75. The van der Waals surface area contributed by atoms with E-state index in [4.69, 9.17) is 9.47 Å². The SMILES string of the molecule is C=CCCC12OCC(C)(C)C1O2. The summed E-state index contributed by atoms with van der Waals surface area (Å²) < 4.78 is 11.2. The van der Waals surface area contributed by atoms with E-state index >= 15 is 0 Å². The van der Waals surface area contributed by atoms with Crippen molar-refractivity contribution in [3.63, 3.8) is 0 Å². The van der Waals surface area contributed by atoms with Crippen LogP contribution < -0.4 is 0 Å². The van der Waals surface area contributed by atoms with Gasteiger partial charge in [-0.25, -0.2) is 0 Å². The van der Waals surface area contributed by atoms with Crippen LogP contribution in [0.4, 0.5) is 0 Å². The summed E-state index contributed by atoms with van der Waals surface area (Å²) in [5.41, 5.74) is 0.209. The highest BCUT2D eigenvalue weighted by Gasteiger charge is 2.68. The number of ether oxygens (including phenoxy) is 2. The van der Waals surface area contributed by atoms with Crippen LogP contribution in [0.15, 0.2) is 12.7 Å². The Morgan fingerprint density at radius 1 is 1.58 bits per heavy atom. The van der Waals surface area contributed by atoms with Crippen molar-refractivity contribution in [2.75, 3.05) is 6.61 Å². The van der Waals surface area contributed by atoms with Gasteiger partial charge >= 0.3 is 0 Å². The molecule has 2 rings (SSSR count). The second-order valence-electron chi connectivity index (χ2n) is 4.41. The maximum Gasteiger partial charge on any atom is 0.196 e. The molecule has 2 heterocycles. The van der Waals surface area contributed by atoms with Gasteiger partial charge in [-0.1, -0.05) is 19.9 Å². The molecule has 2 fully saturated rings. The molecule has 0 saturated carbocycles. The first-order chi connectivity index (χ1) is 5.61. The van der Waals surface area contributed by atoms with Crippen molar-refractivity contribution in [3.8, 4) is 0 Å². The molecule has 2 saturated heterocycles. The van der Waals surface area contributed by atoms with Gasteiger partial charge in [0.05, 0.1) is 6.61 Å². The van der Waals surface area contributed by atoms with E-state index in [0.717, 1.165) is 19.4 Å². The molecule has 0 spiro atoms. The van der Waals surface area contributed by atoms with E-state index in [1.165, 1.54) is 0 Å². The molecule has 2 aliphatic rings. The molecule has 2 aliphatic heterocycles. The van der Waals surface area contributed by atoms with Crippen molar-refractivity contribution in [2.24, 2.45) is 5.41 Å². The average Bonchev–Trinajstić information content (AvgIpc) is 2.69. The molecule has 0 N–H and O–H groups in total. The van der Waals surface area contributed by atoms with E-state index in [0.29, 0.717) is 6.10 Å². The molecule has 2 atom stereocenters. The lowest BCUT2D eigenvalue weighted by atomic mass is 9.89. The first-order valence-electron chi connectivity index (χ1n) is 4.53. The Labute approximate surface area is 73.5 Å². The smallest absolute Gasteiger partial charge is 0.196 e. The summed E-state index contributed by atoms with van der Waals surface area (Å²) in [6.45, 7) is 8.91. The van der Waals surface area contributed by atoms with Crippen LogP contribution in [0.2, 0.25) is 0 Å². The molecular weight excluding hydrogens is 152 g/mol. The fraction of sp³-hybridized carbons (Fsp3) is 0.800. The Hall–Kier alpha value is -0.340. The highest BCUT2D eigenvalue weighted by atomic mass is 16.8. The predicted octanol–water partition coefficient (Wildman–Crippen LogP) is 2.10. The van der Waals surface area contributed by atoms with Crippen molar-refractivity contribution < 1.29 is 9.47 Å². The van der Waals surface area contributed by atoms with Crippen molar-refractivity contribution in [1.82, 2.24) is 0 Å². The standard InChI is InChI=1S/C10H16O2/c1-4-5-6-10-8(12-10)9(2,3)7-11-10/h4,8H,1,5-7H2,2-3H3. The van der Waals surface area contributed by atoms with Gasteiger partial charge in [-0.05, 0) is 6.42 Å². The van der Waals surface area contributed by atoms with Crippen LogP contribution in [0.3, 0.4) is 0 Å². The topological polar surface area (TPSA) is 21.8 Å². The zero-order chi connectivity index (χ0) is 8.82. The number of allylic oxidation sites excluding steroid dienone is 1. The molecule has 0 radical (unpaired) electrons. The molecule has 12 heavy (non-hydrogen) atoms. The molecule has 0 aliphatic carbocycles. The first kappa shape index (κ1) is 8.27. The van der Waals surface area contributed by atoms with Crippen molar-refractivity contribution in [3.05, 3.63) is 12.7 Å². The van der Waals surface area contributed by atoms with Crippen LogP contribution in [0.25, 0.3) is 0 Å². The number of hydrogen-bond donors (Lipinski definition) is 0. The fourth-order valence-corrected chi connectivity index (χ4v) is 1.98. The highest BCUT2D eigenvalue weighted by molar-refractivity contribution is 5.08. The Bertz CT molecular complexity index is 210. The zero-order valence-corrected chi connectivity index (χ0v) is 7.80. The first-order valence-corrected chi connectivity index (χ1v) is 4.53. The minimum atomic E-state index is -0.225. The highest BCUT2D eigenvalue weighted by Crippen LogP contribution is 2.56. The summed E-state index contributed by atoms with van der Waals surface area (Å²) in [5.74, 6) is -0.225. The summed E-state index contributed by atoms with van der Waals surface area (Å²) in [5, 5.41) is 0. The third kappa shape index (κ3) is 1.02. The van der Waals surface area contributed by atoms with Gasteiger partial charge in [0, 0.05) is 11.8 Å². The summed E-state index contributed by atoms with van der Waals surface area (Å²) >= 11 is 0. The minimum Gasteiger partial charge on any atom is -0.347 e. The zero-order valence-electron chi connectivity index (χ0n) is 7.80. The van der Waals surface area contributed by atoms with E-state index in [1.54, 1.807) is 0 Å². The van der Waals surface area contributed by atoms with Crippen LogP contribution in [0, 0.1) is 5.41 Å². The number of epoxide rings is 1. The molecule has 0 aromatic heterocycles. The molecule has 2 unspecified atom stereocenters. The molecule has 68 valence electrons. The molecular formula is C10H16O2. The lowest BCUT2D eigenvalue weighted by molar-refractivity contribution is -0.0673. The second-order valence-corrected chi connectivity index (χ2v) is 4.41.